The minimum atomic E-state index is -0.859. The van der Waals surface area contributed by atoms with Gasteiger partial charge in [-0.25, -0.2) is 0 Å². The van der Waals surface area contributed by atoms with E-state index in [1.807, 2.05) is 0 Å². The molecule has 2 unspecified atom stereocenters. The molecule has 2 atom stereocenters. The first kappa shape index (κ1) is 19.0. The Bertz CT molecular complexity index is 225. The topological polar surface area (TPSA) is 99.4 Å². The van der Waals surface area contributed by atoms with Gasteiger partial charge in [0.1, 0.15) is 12.2 Å². The fourth-order valence-electron chi connectivity index (χ4n) is 0.831. The van der Waals surface area contributed by atoms with Crippen LogP contribution >= 0.6 is 45.2 Å². The van der Waals surface area contributed by atoms with Crippen molar-refractivity contribution in [1.82, 2.24) is 0 Å². The SMILES string of the molecule is OCC(O)COC/C(I)=C(\I)COCC(O)CO. The Morgan fingerprint density at radius 1 is 0.833 bits per heavy atom. The highest BCUT2D eigenvalue weighted by Crippen LogP contribution is 2.19. The van der Waals surface area contributed by atoms with Crippen LogP contribution in [-0.4, -0.2) is 72.3 Å². The van der Waals surface area contributed by atoms with E-state index in [4.69, 9.17) is 29.9 Å². The molecule has 0 saturated carbocycles. The van der Waals surface area contributed by atoms with Gasteiger partial charge in [-0.3, -0.25) is 0 Å². The Balaban J connectivity index is 3.82. The lowest BCUT2D eigenvalue weighted by Crippen LogP contribution is -2.20. The van der Waals surface area contributed by atoms with Crippen molar-refractivity contribution in [3.05, 3.63) is 7.16 Å². The molecule has 0 fully saturated rings. The number of hydrogen-bond donors (Lipinski definition) is 4. The van der Waals surface area contributed by atoms with E-state index in [0.717, 1.165) is 7.16 Å². The van der Waals surface area contributed by atoms with E-state index in [1.54, 1.807) is 0 Å². The molecule has 0 radical (unpaired) electrons. The molecular formula is C10H18I2O6. The minimum absolute atomic E-state index is 0.0804. The molecule has 6 nitrogen and oxygen atoms in total. The van der Waals surface area contributed by atoms with E-state index in [-0.39, 0.29) is 26.4 Å². The molecule has 0 rings (SSSR count). The van der Waals surface area contributed by atoms with Crippen LogP contribution in [0.4, 0.5) is 0 Å². The smallest absolute Gasteiger partial charge is 0.100 e. The normalized spacial score (nSPS) is 16.3. The monoisotopic (exact) mass is 488 g/mol. The lowest BCUT2D eigenvalue weighted by Gasteiger charge is -2.11. The zero-order valence-electron chi connectivity index (χ0n) is 9.76. The quantitative estimate of drug-likeness (QED) is 0.319. The highest BCUT2D eigenvalue weighted by atomic mass is 127. The van der Waals surface area contributed by atoms with Crippen molar-refractivity contribution < 1.29 is 29.9 Å². The third-order valence-electron chi connectivity index (χ3n) is 1.79. The fourth-order valence-corrected chi connectivity index (χ4v) is 1.58. The summed E-state index contributed by atoms with van der Waals surface area (Å²) >= 11 is 4.21. The van der Waals surface area contributed by atoms with Gasteiger partial charge < -0.3 is 29.9 Å². The summed E-state index contributed by atoms with van der Waals surface area (Å²) in [6.45, 7) is 0.191. The Morgan fingerprint density at radius 3 is 1.44 bits per heavy atom. The zero-order chi connectivity index (χ0) is 14.0. The van der Waals surface area contributed by atoms with E-state index in [9.17, 15) is 0 Å². The fraction of sp³-hybridized carbons (Fsp3) is 0.800. The van der Waals surface area contributed by atoms with Crippen molar-refractivity contribution in [2.24, 2.45) is 0 Å². The van der Waals surface area contributed by atoms with Crippen LogP contribution in [0, 0.1) is 0 Å². The van der Waals surface area contributed by atoms with Crippen LogP contribution < -0.4 is 0 Å². The lowest BCUT2D eigenvalue weighted by atomic mass is 10.4. The van der Waals surface area contributed by atoms with Gasteiger partial charge in [-0.1, -0.05) is 0 Å². The van der Waals surface area contributed by atoms with Gasteiger partial charge in [-0.05, 0) is 45.2 Å². The van der Waals surface area contributed by atoms with Crippen LogP contribution in [-0.2, 0) is 9.47 Å². The predicted molar refractivity (Wildman–Crippen MR) is 82.9 cm³/mol. The number of aliphatic hydroxyl groups excluding tert-OH is 4. The molecule has 0 aromatic rings. The molecular weight excluding hydrogens is 470 g/mol. The standard InChI is InChI=1S/C10H18I2O6/c11-9(5-17-3-7(15)1-13)10(12)6-18-4-8(16)2-14/h7-8,13-16H,1-6H2/b10-9+. The Hall–Kier alpha value is 0.960. The van der Waals surface area contributed by atoms with Crippen LogP contribution in [0.3, 0.4) is 0 Å². The maximum Gasteiger partial charge on any atom is 0.100 e. The van der Waals surface area contributed by atoms with Gasteiger partial charge in [0, 0.05) is 7.16 Å². The average molecular weight is 488 g/mol. The Labute approximate surface area is 133 Å². The van der Waals surface area contributed by atoms with Gasteiger partial charge in [0.25, 0.3) is 0 Å². The summed E-state index contributed by atoms with van der Waals surface area (Å²) in [6.07, 6.45) is -1.72. The van der Waals surface area contributed by atoms with E-state index in [1.165, 1.54) is 0 Å². The average Bonchev–Trinajstić information content (AvgIpc) is 2.37. The van der Waals surface area contributed by atoms with E-state index in [0.29, 0.717) is 13.2 Å². The first-order valence-electron chi connectivity index (χ1n) is 5.27. The summed E-state index contributed by atoms with van der Waals surface area (Å²) in [5.41, 5.74) is 0. The summed E-state index contributed by atoms with van der Waals surface area (Å²) in [4.78, 5) is 0. The van der Waals surface area contributed by atoms with Crippen molar-refractivity contribution in [3.8, 4) is 0 Å². The molecule has 0 aromatic heterocycles. The van der Waals surface area contributed by atoms with Crippen molar-refractivity contribution in [2.45, 2.75) is 12.2 Å². The van der Waals surface area contributed by atoms with Crippen LogP contribution in [0.25, 0.3) is 0 Å². The number of hydrogen-bond acceptors (Lipinski definition) is 6. The molecule has 0 bridgehead atoms. The molecule has 0 saturated heterocycles. The molecule has 0 aliphatic rings. The number of ether oxygens (including phenoxy) is 2. The largest absolute Gasteiger partial charge is 0.394 e. The van der Waals surface area contributed by atoms with Crippen LogP contribution in [0.15, 0.2) is 7.16 Å². The van der Waals surface area contributed by atoms with Gasteiger partial charge in [0.2, 0.25) is 0 Å². The van der Waals surface area contributed by atoms with Gasteiger partial charge in [0.05, 0.1) is 39.6 Å². The van der Waals surface area contributed by atoms with Gasteiger partial charge in [-0.2, -0.15) is 0 Å². The van der Waals surface area contributed by atoms with Crippen LogP contribution in [0.5, 0.6) is 0 Å². The molecule has 0 aliphatic heterocycles. The Kier molecular flexibility index (Phi) is 12.4. The molecule has 0 aromatic carbocycles. The highest BCUT2D eigenvalue weighted by Gasteiger charge is 2.06. The third-order valence-corrected chi connectivity index (χ3v) is 4.75. The first-order chi connectivity index (χ1) is 8.51. The highest BCUT2D eigenvalue weighted by molar-refractivity contribution is 14.1. The molecule has 18 heavy (non-hydrogen) atoms. The van der Waals surface area contributed by atoms with Crippen molar-refractivity contribution >= 4 is 45.2 Å². The third kappa shape index (κ3) is 9.83. The molecule has 108 valence electrons. The summed E-state index contributed by atoms with van der Waals surface area (Å²) in [7, 11) is 0. The number of aliphatic hydroxyl groups is 4. The molecule has 0 amide bonds. The number of halogens is 2. The molecule has 0 aliphatic carbocycles. The van der Waals surface area contributed by atoms with Crippen LogP contribution in [0.1, 0.15) is 0 Å². The van der Waals surface area contributed by atoms with Gasteiger partial charge in [-0.15, -0.1) is 0 Å². The number of rotatable bonds is 10. The summed E-state index contributed by atoms with van der Waals surface area (Å²) < 4.78 is 12.2. The summed E-state index contributed by atoms with van der Waals surface area (Å²) in [5.74, 6) is 0. The van der Waals surface area contributed by atoms with Gasteiger partial charge >= 0.3 is 0 Å². The molecule has 4 N–H and O–H groups in total. The van der Waals surface area contributed by atoms with Crippen LogP contribution in [0.2, 0.25) is 0 Å². The lowest BCUT2D eigenvalue weighted by molar-refractivity contribution is 0.0120. The second-order valence-electron chi connectivity index (χ2n) is 3.51. The summed E-state index contributed by atoms with van der Waals surface area (Å²) in [5, 5.41) is 35.3. The zero-order valence-corrected chi connectivity index (χ0v) is 14.1. The molecule has 8 heteroatoms. The van der Waals surface area contributed by atoms with Crippen molar-refractivity contribution in [2.75, 3.05) is 39.6 Å². The van der Waals surface area contributed by atoms with E-state index < -0.39 is 12.2 Å². The summed E-state index contributed by atoms with van der Waals surface area (Å²) in [6, 6.07) is 0. The van der Waals surface area contributed by atoms with E-state index in [2.05, 4.69) is 45.2 Å². The maximum atomic E-state index is 9.07. The second-order valence-corrected chi connectivity index (χ2v) is 6.12. The maximum absolute atomic E-state index is 9.07. The molecule has 0 spiro atoms. The first-order valence-corrected chi connectivity index (χ1v) is 7.43. The minimum Gasteiger partial charge on any atom is -0.394 e. The molecule has 0 heterocycles. The van der Waals surface area contributed by atoms with Crippen molar-refractivity contribution in [1.29, 1.82) is 0 Å². The second kappa shape index (κ2) is 11.8. The van der Waals surface area contributed by atoms with E-state index >= 15 is 0 Å². The Morgan fingerprint density at radius 2 is 1.17 bits per heavy atom. The predicted octanol–water partition coefficient (Wildman–Crippen LogP) is -0.192. The van der Waals surface area contributed by atoms with Gasteiger partial charge in [0.15, 0.2) is 0 Å². The van der Waals surface area contributed by atoms with Crippen molar-refractivity contribution in [3.63, 3.8) is 0 Å².